The first kappa shape index (κ1) is 20.8. The van der Waals surface area contributed by atoms with Crippen LogP contribution < -0.4 is 0 Å². The van der Waals surface area contributed by atoms with Gasteiger partial charge in [-0.1, -0.05) is 97.1 Å². The van der Waals surface area contributed by atoms with Crippen LogP contribution in [0.1, 0.15) is 0 Å². The topological polar surface area (TPSA) is 0 Å². The molecule has 0 amide bonds. The predicted molar refractivity (Wildman–Crippen MR) is 125 cm³/mol. The lowest BCUT2D eigenvalue weighted by molar-refractivity contribution is 1.62. The molecule has 0 aliphatic heterocycles. The molecule has 0 radical (unpaired) electrons. The van der Waals surface area contributed by atoms with Crippen molar-refractivity contribution in [2.24, 2.45) is 0 Å². The summed E-state index contributed by atoms with van der Waals surface area (Å²) < 4.78 is 0. The highest BCUT2D eigenvalue weighted by Crippen LogP contribution is 2.17. The Balaban J connectivity index is 0.000000145. The summed E-state index contributed by atoms with van der Waals surface area (Å²) in [5.74, 6) is 0. The first-order chi connectivity index (χ1) is 13.5. The summed E-state index contributed by atoms with van der Waals surface area (Å²) in [4.78, 5) is 0. The molecule has 0 aliphatic carbocycles. The van der Waals surface area contributed by atoms with Crippen LogP contribution in [0.15, 0.2) is 129 Å². The third-order valence-electron chi connectivity index (χ3n) is 3.16. The van der Waals surface area contributed by atoms with Crippen LogP contribution in [-0.4, -0.2) is 0 Å². The van der Waals surface area contributed by atoms with Crippen molar-refractivity contribution >= 4 is 34.0 Å². The van der Waals surface area contributed by atoms with Crippen molar-refractivity contribution in [1.82, 2.24) is 0 Å². The van der Waals surface area contributed by atoms with Crippen LogP contribution in [0.25, 0.3) is 11.1 Å². The lowest BCUT2D eigenvalue weighted by atomic mass is 10.1. The maximum absolute atomic E-state index is 2.12. The predicted octanol–water partition coefficient (Wildman–Crippen LogP) is 8.60. The summed E-state index contributed by atoms with van der Waals surface area (Å²) in [6.45, 7) is 0. The Morgan fingerprint density at radius 1 is 0.296 bits per heavy atom. The zero-order valence-electron chi connectivity index (χ0n) is 14.9. The fraction of sp³-hybridized carbons (Fsp3) is 0. The van der Waals surface area contributed by atoms with Gasteiger partial charge in [0.25, 0.3) is 0 Å². The van der Waals surface area contributed by atoms with E-state index in [1.54, 1.807) is 34.0 Å². The Morgan fingerprint density at radius 3 is 0.741 bits per heavy atom. The fourth-order valence-electron chi connectivity index (χ4n) is 1.94. The van der Waals surface area contributed by atoms with Gasteiger partial charge in [-0.3, -0.25) is 0 Å². The van der Waals surface area contributed by atoms with Crippen LogP contribution in [-0.2, 0) is 0 Å². The average Bonchev–Trinajstić information content (AvgIpc) is 3.56. The molecule has 0 fully saturated rings. The fourth-order valence-corrected chi connectivity index (χ4v) is 3.30. The molecule has 3 heteroatoms. The maximum atomic E-state index is 2.12. The van der Waals surface area contributed by atoms with Crippen molar-refractivity contribution in [3.8, 4) is 11.1 Å². The van der Waals surface area contributed by atoms with Gasteiger partial charge < -0.3 is 0 Å². The van der Waals surface area contributed by atoms with Crippen LogP contribution >= 0.6 is 34.0 Å². The van der Waals surface area contributed by atoms with E-state index in [0.29, 0.717) is 0 Å². The second-order valence-corrected chi connectivity index (χ2v) is 7.56. The van der Waals surface area contributed by atoms with E-state index in [1.807, 2.05) is 80.8 Å². The summed E-state index contributed by atoms with van der Waals surface area (Å²) >= 11 is 5.14. The maximum Gasteiger partial charge on any atom is -0.00934 e. The SMILES string of the molecule is c1ccc(-c2ccccc2)cc1.c1ccsc1.c1ccsc1.c1ccsc1. The lowest BCUT2D eigenvalue weighted by Crippen LogP contribution is -1.73. The van der Waals surface area contributed by atoms with Gasteiger partial charge in [-0.25, -0.2) is 0 Å². The molecule has 2 aromatic carbocycles. The van der Waals surface area contributed by atoms with Crippen LogP contribution in [0.2, 0.25) is 0 Å². The highest BCUT2D eigenvalue weighted by atomic mass is 32.1. The number of rotatable bonds is 1. The van der Waals surface area contributed by atoms with Crippen molar-refractivity contribution in [1.29, 1.82) is 0 Å². The van der Waals surface area contributed by atoms with Gasteiger partial charge in [0, 0.05) is 0 Å². The second kappa shape index (κ2) is 14.7. The van der Waals surface area contributed by atoms with E-state index in [1.165, 1.54) is 11.1 Å². The van der Waals surface area contributed by atoms with Crippen molar-refractivity contribution in [2.75, 3.05) is 0 Å². The van der Waals surface area contributed by atoms with E-state index >= 15 is 0 Å². The molecule has 0 saturated carbocycles. The van der Waals surface area contributed by atoms with Crippen molar-refractivity contribution in [3.05, 3.63) is 129 Å². The van der Waals surface area contributed by atoms with Gasteiger partial charge in [0.1, 0.15) is 0 Å². The normalized spacial score (nSPS) is 8.74. The van der Waals surface area contributed by atoms with Crippen LogP contribution in [0.3, 0.4) is 0 Å². The van der Waals surface area contributed by atoms with Gasteiger partial charge in [0.15, 0.2) is 0 Å². The third kappa shape index (κ3) is 10.3. The quantitative estimate of drug-likeness (QED) is 0.261. The molecule has 136 valence electrons. The lowest BCUT2D eigenvalue weighted by Gasteiger charge is -1.98. The molecule has 0 atom stereocenters. The number of hydrogen-bond donors (Lipinski definition) is 0. The molecule has 0 spiro atoms. The Morgan fingerprint density at radius 2 is 0.556 bits per heavy atom. The Kier molecular flexibility index (Phi) is 11.3. The largest absolute Gasteiger partial charge is 0.152 e. The van der Waals surface area contributed by atoms with Crippen molar-refractivity contribution in [2.45, 2.75) is 0 Å². The van der Waals surface area contributed by atoms with Crippen molar-refractivity contribution in [3.63, 3.8) is 0 Å². The minimum Gasteiger partial charge on any atom is -0.152 e. The summed E-state index contributed by atoms with van der Waals surface area (Å²) in [6, 6.07) is 32.9. The molecule has 3 heterocycles. The van der Waals surface area contributed by atoms with E-state index in [-0.39, 0.29) is 0 Å². The zero-order chi connectivity index (χ0) is 18.8. The van der Waals surface area contributed by atoms with Gasteiger partial charge in [0.2, 0.25) is 0 Å². The first-order valence-electron chi connectivity index (χ1n) is 8.49. The Bertz CT molecular complexity index is 697. The van der Waals surface area contributed by atoms with Gasteiger partial charge in [-0.05, 0) is 43.4 Å². The smallest absolute Gasteiger partial charge is 0.00934 e. The molecule has 5 rings (SSSR count). The van der Waals surface area contributed by atoms with Crippen molar-refractivity contribution < 1.29 is 0 Å². The third-order valence-corrected chi connectivity index (χ3v) is 5.04. The molecule has 0 saturated heterocycles. The van der Waals surface area contributed by atoms with E-state index in [4.69, 9.17) is 0 Å². The van der Waals surface area contributed by atoms with Crippen LogP contribution in [0.4, 0.5) is 0 Å². The molecule has 3 aromatic heterocycles. The van der Waals surface area contributed by atoms with Gasteiger partial charge >= 0.3 is 0 Å². The van der Waals surface area contributed by atoms with Crippen LogP contribution in [0, 0.1) is 0 Å². The van der Waals surface area contributed by atoms with E-state index in [0.717, 1.165) is 0 Å². The van der Waals surface area contributed by atoms with Gasteiger partial charge in [-0.2, -0.15) is 34.0 Å². The van der Waals surface area contributed by atoms with E-state index in [2.05, 4.69) is 48.5 Å². The summed E-state index contributed by atoms with van der Waals surface area (Å²) in [7, 11) is 0. The van der Waals surface area contributed by atoms with E-state index in [9.17, 15) is 0 Å². The summed E-state index contributed by atoms with van der Waals surface area (Å²) in [5.41, 5.74) is 2.55. The molecule has 0 bridgehead atoms. The average molecular weight is 407 g/mol. The highest BCUT2D eigenvalue weighted by molar-refractivity contribution is 7.08. The summed E-state index contributed by atoms with van der Waals surface area (Å²) in [5, 5.41) is 12.2. The number of hydrogen-bond acceptors (Lipinski definition) is 3. The monoisotopic (exact) mass is 406 g/mol. The zero-order valence-corrected chi connectivity index (χ0v) is 17.4. The molecule has 0 N–H and O–H groups in total. The number of thiophene rings is 3. The molecule has 0 nitrogen and oxygen atoms in total. The highest BCUT2D eigenvalue weighted by Gasteiger charge is 1.91. The van der Waals surface area contributed by atoms with Crippen LogP contribution in [0.5, 0.6) is 0 Å². The molecule has 27 heavy (non-hydrogen) atoms. The molecular weight excluding hydrogens is 384 g/mol. The van der Waals surface area contributed by atoms with Gasteiger partial charge in [0.05, 0.1) is 0 Å². The summed E-state index contributed by atoms with van der Waals surface area (Å²) in [6.07, 6.45) is 0. The molecule has 5 aromatic rings. The second-order valence-electron chi connectivity index (χ2n) is 5.11. The standard InChI is InChI=1S/C12H10.3C4H4S/c1-3-7-11(8-4-1)12-9-5-2-6-10-12;3*1-2-4-5-3-1/h1-10H;3*1-4H. The Labute approximate surface area is 174 Å². The minimum atomic E-state index is 1.28. The molecule has 0 aliphatic rings. The number of benzene rings is 2. The van der Waals surface area contributed by atoms with E-state index < -0.39 is 0 Å². The van der Waals surface area contributed by atoms with Gasteiger partial charge in [-0.15, -0.1) is 0 Å². The molecular formula is C24H22S3. The Hall–Kier alpha value is -2.46. The molecule has 0 unspecified atom stereocenters. The first-order valence-corrected chi connectivity index (χ1v) is 11.3. The minimum absolute atomic E-state index is 1.28.